The molecular weight excluding hydrogens is 456 g/mol. The van der Waals surface area contributed by atoms with Gasteiger partial charge >= 0.3 is 0 Å². The molecule has 5 rings (SSSR count). The number of carbonyl (C=O) groups excluding carboxylic acids is 1. The number of rotatable bonds is 4. The van der Waals surface area contributed by atoms with Gasteiger partial charge in [-0.05, 0) is 37.2 Å². The third-order valence-corrected chi connectivity index (χ3v) is 5.63. The molecular formula is C24H23F2N7O2. The van der Waals surface area contributed by atoms with Gasteiger partial charge in [0, 0.05) is 32.2 Å². The fourth-order valence-corrected chi connectivity index (χ4v) is 3.84. The van der Waals surface area contributed by atoms with Crippen molar-refractivity contribution in [2.24, 2.45) is 0 Å². The summed E-state index contributed by atoms with van der Waals surface area (Å²) < 4.78 is 35.7. The maximum absolute atomic E-state index is 15.0. The molecule has 2 aromatic carbocycles. The second kappa shape index (κ2) is 9.55. The van der Waals surface area contributed by atoms with Crippen LogP contribution in [0.25, 0.3) is 34.3 Å². The number of carbonyl (C=O) groups is 1. The van der Waals surface area contributed by atoms with Gasteiger partial charge in [-0.2, -0.15) is 0 Å². The first-order valence-corrected chi connectivity index (χ1v) is 11.0. The molecule has 1 fully saturated rings. The number of hydrogen-bond acceptors (Lipinski definition) is 8. The summed E-state index contributed by atoms with van der Waals surface area (Å²) in [4.78, 5) is 22.7. The predicted molar refractivity (Wildman–Crippen MR) is 126 cm³/mol. The van der Waals surface area contributed by atoms with Crippen LogP contribution in [-0.4, -0.2) is 57.2 Å². The molecule has 0 bridgehead atoms. The number of anilines is 1. The molecule has 9 nitrogen and oxygen atoms in total. The molecule has 0 radical (unpaired) electrons. The van der Waals surface area contributed by atoms with Crippen molar-refractivity contribution < 1.29 is 19.4 Å². The Morgan fingerprint density at radius 2 is 1.77 bits per heavy atom. The molecule has 2 aromatic heterocycles. The van der Waals surface area contributed by atoms with Crippen LogP contribution in [0.3, 0.4) is 0 Å². The Bertz CT molecular complexity index is 1350. The van der Waals surface area contributed by atoms with Crippen molar-refractivity contribution in [3.05, 3.63) is 65.9 Å². The molecule has 0 aliphatic carbocycles. The smallest absolute Gasteiger partial charge is 0.270 e. The molecule has 4 aromatic rings. The normalized spacial score (nSPS) is 14.1. The number of hydrogen-bond donors (Lipinski definition) is 2. The van der Waals surface area contributed by atoms with E-state index in [1.807, 2.05) is 18.2 Å². The van der Waals surface area contributed by atoms with Crippen LogP contribution in [-0.2, 0) is 0 Å². The first-order chi connectivity index (χ1) is 17.0. The second-order valence-corrected chi connectivity index (χ2v) is 7.98. The quantitative estimate of drug-likeness (QED) is 0.457. The van der Waals surface area contributed by atoms with Gasteiger partial charge in [-0.25, -0.2) is 18.7 Å². The molecule has 35 heavy (non-hydrogen) atoms. The summed E-state index contributed by atoms with van der Waals surface area (Å²) in [6.45, 7) is 2.12. The van der Waals surface area contributed by atoms with Gasteiger partial charge in [-0.15, -0.1) is 10.2 Å². The lowest BCUT2D eigenvalue weighted by Crippen LogP contribution is -2.35. The first-order valence-electron chi connectivity index (χ1n) is 11.0. The number of nitrogens with one attached hydrogen (secondary N) is 1. The van der Waals surface area contributed by atoms with E-state index in [1.165, 1.54) is 11.1 Å². The monoisotopic (exact) mass is 479 g/mol. The lowest BCUT2D eigenvalue weighted by atomic mass is 10.1. The van der Waals surface area contributed by atoms with Crippen LogP contribution in [0.4, 0.5) is 14.6 Å². The zero-order chi connectivity index (χ0) is 24.4. The average molecular weight is 479 g/mol. The molecule has 1 amide bonds. The van der Waals surface area contributed by atoms with Crippen LogP contribution in [0.2, 0.25) is 0 Å². The van der Waals surface area contributed by atoms with Gasteiger partial charge in [-0.1, -0.05) is 18.2 Å². The minimum absolute atomic E-state index is 0. The molecule has 0 atom stereocenters. The van der Waals surface area contributed by atoms with E-state index in [0.29, 0.717) is 31.6 Å². The summed E-state index contributed by atoms with van der Waals surface area (Å²) in [5.41, 5.74) is 6.37. The lowest BCUT2D eigenvalue weighted by Gasteiger charge is -2.20. The zero-order valence-corrected chi connectivity index (χ0v) is 18.5. The highest BCUT2D eigenvalue weighted by Crippen LogP contribution is 2.29. The van der Waals surface area contributed by atoms with E-state index in [4.69, 9.17) is 10.2 Å². The van der Waals surface area contributed by atoms with Crippen LogP contribution < -0.4 is 11.1 Å². The summed E-state index contributed by atoms with van der Waals surface area (Å²) in [5.74, 6) is -2.36. The average Bonchev–Trinajstić information content (AvgIpc) is 3.19. The standard InChI is InChI=1S/C24H21F2N7O2.H2/c25-16-11-15(12-17(26)19(16)24(34)33-9-4-7-28-8-10-33)18-13-29-21(27)20(30-18)23-32-31-22(35-23)14-5-2-1-3-6-14;/h1-3,5-6,11-13,28H,4,7-10H2,(H2,27,29);1H. The second-order valence-electron chi connectivity index (χ2n) is 7.98. The van der Waals surface area contributed by atoms with Crippen molar-refractivity contribution >= 4 is 11.7 Å². The zero-order valence-electron chi connectivity index (χ0n) is 18.5. The van der Waals surface area contributed by atoms with E-state index < -0.39 is 23.1 Å². The van der Waals surface area contributed by atoms with Gasteiger partial charge in [0.15, 0.2) is 11.5 Å². The molecule has 1 saturated heterocycles. The van der Waals surface area contributed by atoms with E-state index in [2.05, 4.69) is 25.5 Å². The van der Waals surface area contributed by atoms with Gasteiger partial charge in [0.25, 0.3) is 11.8 Å². The third kappa shape index (κ3) is 4.58. The molecule has 0 unspecified atom stereocenters. The fourth-order valence-electron chi connectivity index (χ4n) is 3.84. The number of nitrogens with two attached hydrogens (primary N) is 1. The van der Waals surface area contributed by atoms with Crippen LogP contribution in [0, 0.1) is 11.6 Å². The van der Waals surface area contributed by atoms with Crippen molar-refractivity contribution in [3.63, 3.8) is 0 Å². The summed E-state index contributed by atoms with van der Waals surface area (Å²) in [6.07, 6.45) is 1.99. The Balaban J connectivity index is 0.00000304. The van der Waals surface area contributed by atoms with E-state index >= 15 is 0 Å². The van der Waals surface area contributed by atoms with Crippen LogP contribution in [0.15, 0.2) is 53.1 Å². The summed E-state index contributed by atoms with van der Waals surface area (Å²) >= 11 is 0. The first kappa shape index (κ1) is 22.5. The number of nitrogens with zero attached hydrogens (tertiary/aromatic N) is 5. The highest BCUT2D eigenvalue weighted by molar-refractivity contribution is 5.95. The molecule has 1 aliphatic rings. The molecule has 0 saturated carbocycles. The highest BCUT2D eigenvalue weighted by atomic mass is 19.1. The van der Waals surface area contributed by atoms with Crippen molar-refractivity contribution in [1.29, 1.82) is 0 Å². The van der Waals surface area contributed by atoms with Crippen molar-refractivity contribution in [2.75, 3.05) is 31.9 Å². The number of amides is 1. The van der Waals surface area contributed by atoms with E-state index in [1.54, 1.807) is 12.1 Å². The van der Waals surface area contributed by atoms with Crippen molar-refractivity contribution in [2.45, 2.75) is 6.42 Å². The van der Waals surface area contributed by atoms with Gasteiger partial charge in [0.2, 0.25) is 5.89 Å². The SMILES string of the molecule is Nc1ncc(-c2cc(F)c(C(=O)N3CCCNCC3)c(F)c2)nc1-c1nnc(-c2ccccc2)o1.[HH]. The van der Waals surface area contributed by atoms with Gasteiger partial charge in [-0.3, -0.25) is 4.79 Å². The lowest BCUT2D eigenvalue weighted by molar-refractivity contribution is 0.0756. The number of halogens is 2. The van der Waals surface area contributed by atoms with E-state index in [9.17, 15) is 13.6 Å². The Hall–Kier alpha value is -4.25. The predicted octanol–water partition coefficient (Wildman–Crippen LogP) is 3.40. The molecule has 11 heteroatoms. The minimum Gasteiger partial charge on any atom is -0.414 e. The van der Waals surface area contributed by atoms with Crippen LogP contribution in [0.1, 0.15) is 18.2 Å². The number of aromatic nitrogens is 4. The molecule has 3 N–H and O–H groups in total. The third-order valence-electron chi connectivity index (χ3n) is 5.63. The van der Waals surface area contributed by atoms with Crippen molar-refractivity contribution in [3.8, 4) is 34.3 Å². The fraction of sp³-hybridized carbons (Fsp3) is 0.208. The maximum atomic E-state index is 15.0. The topological polar surface area (TPSA) is 123 Å². The number of nitrogen functional groups attached to an aromatic ring is 1. The van der Waals surface area contributed by atoms with Crippen molar-refractivity contribution in [1.82, 2.24) is 30.4 Å². The summed E-state index contributed by atoms with van der Waals surface area (Å²) in [6, 6.07) is 11.2. The Kier molecular flexibility index (Phi) is 6.15. The maximum Gasteiger partial charge on any atom is 0.270 e. The van der Waals surface area contributed by atoms with Gasteiger partial charge < -0.3 is 20.4 Å². The largest absolute Gasteiger partial charge is 0.414 e. The van der Waals surface area contributed by atoms with Gasteiger partial charge in [0.1, 0.15) is 17.2 Å². The molecule has 3 heterocycles. The molecule has 180 valence electrons. The highest BCUT2D eigenvalue weighted by Gasteiger charge is 2.25. The Morgan fingerprint density at radius 3 is 2.54 bits per heavy atom. The van der Waals surface area contributed by atoms with E-state index in [0.717, 1.165) is 18.7 Å². The van der Waals surface area contributed by atoms with Crippen LogP contribution in [0.5, 0.6) is 0 Å². The van der Waals surface area contributed by atoms with Gasteiger partial charge in [0.05, 0.1) is 11.9 Å². The summed E-state index contributed by atoms with van der Waals surface area (Å²) in [5, 5.41) is 11.2. The number of benzene rings is 2. The Morgan fingerprint density at radius 1 is 1.03 bits per heavy atom. The Labute approximate surface area is 200 Å². The molecule has 1 aliphatic heterocycles. The van der Waals surface area contributed by atoms with E-state index in [-0.39, 0.29) is 36.0 Å². The van der Waals surface area contributed by atoms with Crippen LogP contribution >= 0.6 is 0 Å². The minimum atomic E-state index is -0.980. The molecule has 0 spiro atoms. The summed E-state index contributed by atoms with van der Waals surface area (Å²) in [7, 11) is 0.